The Kier molecular flexibility index (Phi) is 4.97. The summed E-state index contributed by atoms with van der Waals surface area (Å²) in [5.41, 5.74) is 0. The van der Waals surface area contributed by atoms with Crippen molar-refractivity contribution in [2.24, 2.45) is 11.8 Å². The standard InChI is InChI=1S/C12H21NO/c1-10-3-2-4-11(9-10)5-6-12(14)7-8-13/h10-12,14H,2-7,9H2,1H3. The average Bonchev–Trinajstić information content (AvgIpc) is 2.15. The van der Waals surface area contributed by atoms with Crippen molar-refractivity contribution in [3.05, 3.63) is 0 Å². The fraction of sp³-hybridized carbons (Fsp3) is 0.917. The van der Waals surface area contributed by atoms with E-state index in [1.54, 1.807) is 0 Å². The van der Waals surface area contributed by atoms with Gasteiger partial charge >= 0.3 is 0 Å². The number of nitrogens with zero attached hydrogens (tertiary/aromatic N) is 1. The van der Waals surface area contributed by atoms with Gasteiger partial charge in [-0.05, 0) is 31.1 Å². The highest BCUT2D eigenvalue weighted by molar-refractivity contribution is 4.77. The zero-order chi connectivity index (χ0) is 10.4. The molecule has 1 rings (SSSR count). The molecule has 3 atom stereocenters. The number of nitriles is 1. The quantitative estimate of drug-likeness (QED) is 0.749. The molecule has 2 heteroatoms. The summed E-state index contributed by atoms with van der Waals surface area (Å²) in [7, 11) is 0. The molecule has 2 nitrogen and oxygen atoms in total. The normalized spacial score (nSPS) is 29.5. The summed E-state index contributed by atoms with van der Waals surface area (Å²) < 4.78 is 0. The molecule has 80 valence electrons. The van der Waals surface area contributed by atoms with Gasteiger partial charge in [0.15, 0.2) is 0 Å². The number of hydrogen-bond donors (Lipinski definition) is 1. The van der Waals surface area contributed by atoms with Crippen molar-refractivity contribution >= 4 is 0 Å². The van der Waals surface area contributed by atoms with E-state index in [0.29, 0.717) is 6.42 Å². The Morgan fingerprint density at radius 1 is 1.50 bits per heavy atom. The lowest BCUT2D eigenvalue weighted by molar-refractivity contribution is 0.149. The summed E-state index contributed by atoms with van der Waals surface area (Å²) in [5, 5.41) is 17.8. The van der Waals surface area contributed by atoms with E-state index in [2.05, 4.69) is 6.92 Å². The van der Waals surface area contributed by atoms with E-state index in [0.717, 1.165) is 24.7 Å². The summed E-state index contributed by atoms with van der Waals surface area (Å²) >= 11 is 0. The largest absolute Gasteiger partial charge is 0.392 e. The van der Waals surface area contributed by atoms with Crippen molar-refractivity contribution in [2.75, 3.05) is 0 Å². The molecular formula is C12H21NO. The molecule has 0 aliphatic heterocycles. The Hall–Kier alpha value is -0.550. The Labute approximate surface area is 86.9 Å². The molecule has 0 aromatic heterocycles. The molecule has 0 bridgehead atoms. The Bertz CT molecular complexity index is 197. The maximum Gasteiger partial charge on any atom is 0.0670 e. The third kappa shape index (κ3) is 4.11. The summed E-state index contributed by atoms with van der Waals surface area (Å²) in [6.07, 6.45) is 7.18. The molecule has 0 spiro atoms. The van der Waals surface area contributed by atoms with Crippen LogP contribution in [0, 0.1) is 23.2 Å². The van der Waals surface area contributed by atoms with Crippen LogP contribution in [0.25, 0.3) is 0 Å². The molecule has 14 heavy (non-hydrogen) atoms. The van der Waals surface area contributed by atoms with Crippen LogP contribution in [0.1, 0.15) is 51.9 Å². The Morgan fingerprint density at radius 2 is 2.29 bits per heavy atom. The molecule has 1 N–H and O–H groups in total. The molecule has 0 aromatic rings. The molecule has 0 amide bonds. The molecule has 0 aromatic carbocycles. The van der Waals surface area contributed by atoms with Gasteiger partial charge < -0.3 is 5.11 Å². The van der Waals surface area contributed by atoms with E-state index in [1.165, 1.54) is 25.7 Å². The average molecular weight is 195 g/mol. The first kappa shape index (κ1) is 11.5. The predicted molar refractivity (Wildman–Crippen MR) is 56.6 cm³/mol. The zero-order valence-electron chi connectivity index (χ0n) is 9.08. The van der Waals surface area contributed by atoms with Gasteiger partial charge in [-0.15, -0.1) is 0 Å². The van der Waals surface area contributed by atoms with E-state index in [9.17, 15) is 5.11 Å². The van der Waals surface area contributed by atoms with Crippen molar-refractivity contribution in [3.8, 4) is 6.07 Å². The van der Waals surface area contributed by atoms with E-state index < -0.39 is 6.10 Å². The molecule has 1 saturated carbocycles. The highest BCUT2D eigenvalue weighted by Gasteiger charge is 2.19. The van der Waals surface area contributed by atoms with E-state index in [4.69, 9.17) is 5.26 Å². The number of aliphatic hydroxyl groups excluding tert-OH is 1. The van der Waals surface area contributed by atoms with Gasteiger partial charge in [0.1, 0.15) is 0 Å². The Morgan fingerprint density at radius 3 is 2.93 bits per heavy atom. The van der Waals surface area contributed by atoms with Crippen molar-refractivity contribution in [3.63, 3.8) is 0 Å². The van der Waals surface area contributed by atoms with Crippen LogP contribution in [-0.2, 0) is 0 Å². The summed E-state index contributed by atoms with van der Waals surface area (Å²) in [6, 6.07) is 2.01. The van der Waals surface area contributed by atoms with E-state index >= 15 is 0 Å². The minimum atomic E-state index is -0.391. The molecule has 1 aliphatic carbocycles. The van der Waals surface area contributed by atoms with Gasteiger partial charge in [0, 0.05) is 0 Å². The SMILES string of the molecule is CC1CCCC(CCC(O)CC#N)C1. The van der Waals surface area contributed by atoms with E-state index in [-0.39, 0.29) is 0 Å². The third-order valence-corrected chi connectivity index (χ3v) is 3.28. The zero-order valence-corrected chi connectivity index (χ0v) is 9.08. The lowest BCUT2D eigenvalue weighted by atomic mass is 9.80. The second kappa shape index (κ2) is 6.03. The first-order valence-corrected chi connectivity index (χ1v) is 5.77. The van der Waals surface area contributed by atoms with Crippen LogP contribution in [0.3, 0.4) is 0 Å². The first-order chi connectivity index (χ1) is 6.72. The smallest absolute Gasteiger partial charge is 0.0670 e. The molecule has 1 fully saturated rings. The van der Waals surface area contributed by atoms with Crippen molar-refractivity contribution in [1.82, 2.24) is 0 Å². The lowest BCUT2D eigenvalue weighted by Gasteiger charge is -2.27. The summed E-state index contributed by atoms with van der Waals surface area (Å²) in [5.74, 6) is 1.66. The minimum absolute atomic E-state index is 0.294. The highest BCUT2D eigenvalue weighted by atomic mass is 16.3. The molecule has 0 heterocycles. The van der Waals surface area contributed by atoms with E-state index in [1.807, 2.05) is 6.07 Å². The van der Waals surface area contributed by atoms with Gasteiger partial charge in [0.05, 0.1) is 18.6 Å². The summed E-state index contributed by atoms with van der Waals surface area (Å²) in [4.78, 5) is 0. The number of rotatable bonds is 4. The second-order valence-electron chi connectivity index (χ2n) is 4.73. The van der Waals surface area contributed by atoms with Crippen LogP contribution in [0.4, 0.5) is 0 Å². The third-order valence-electron chi connectivity index (χ3n) is 3.28. The number of aliphatic hydroxyl groups is 1. The van der Waals surface area contributed by atoms with Gasteiger partial charge in [0.2, 0.25) is 0 Å². The predicted octanol–water partition coefficient (Wildman–Crippen LogP) is 2.87. The molecular weight excluding hydrogens is 174 g/mol. The van der Waals surface area contributed by atoms with Crippen LogP contribution >= 0.6 is 0 Å². The van der Waals surface area contributed by atoms with Crippen LogP contribution in [0.15, 0.2) is 0 Å². The lowest BCUT2D eigenvalue weighted by Crippen LogP contribution is -2.15. The molecule has 0 saturated heterocycles. The minimum Gasteiger partial charge on any atom is -0.392 e. The highest BCUT2D eigenvalue weighted by Crippen LogP contribution is 2.31. The fourth-order valence-electron chi connectivity index (χ4n) is 2.46. The second-order valence-corrected chi connectivity index (χ2v) is 4.73. The van der Waals surface area contributed by atoms with Gasteiger partial charge in [0.25, 0.3) is 0 Å². The van der Waals surface area contributed by atoms with Crippen molar-refractivity contribution in [1.29, 1.82) is 5.26 Å². The number of hydrogen-bond acceptors (Lipinski definition) is 2. The van der Waals surface area contributed by atoms with Crippen LogP contribution < -0.4 is 0 Å². The molecule has 0 radical (unpaired) electrons. The van der Waals surface area contributed by atoms with Crippen molar-refractivity contribution < 1.29 is 5.11 Å². The fourth-order valence-corrected chi connectivity index (χ4v) is 2.46. The van der Waals surface area contributed by atoms with Gasteiger partial charge in [-0.3, -0.25) is 0 Å². The topological polar surface area (TPSA) is 44.0 Å². The molecule has 3 unspecified atom stereocenters. The van der Waals surface area contributed by atoms with Gasteiger partial charge in [-0.1, -0.05) is 26.2 Å². The monoisotopic (exact) mass is 195 g/mol. The van der Waals surface area contributed by atoms with Gasteiger partial charge in [-0.25, -0.2) is 0 Å². The van der Waals surface area contributed by atoms with Crippen LogP contribution in [-0.4, -0.2) is 11.2 Å². The first-order valence-electron chi connectivity index (χ1n) is 5.77. The van der Waals surface area contributed by atoms with Crippen molar-refractivity contribution in [2.45, 2.75) is 58.0 Å². The Balaban J connectivity index is 2.14. The maximum absolute atomic E-state index is 9.42. The van der Waals surface area contributed by atoms with Crippen LogP contribution in [0.5, 0.6) is 0 Å². The maximum atomic E-state index is 9.42. The summed E-state index contributed by atoms with van der Waals surface area (Å²) in [6.45, 7) is 2.32. The van der Waals surface area contributed by atoms with Crippen LogP contribution in [0.2, 0.25) is 0 Å². The van der Waals surface area contributed by atoms with Gasteiger partial charge in [-0.2, -0.15) is 5.26 Å². The molecule has 1 aliphatic rings.